The first-order chi connectivity index (χ1) is 10.4. The van der Waals surface area contributed by atoms with E-state index in [1.54, 1.807) is 6.92 Å². The minimum absolute atomic E-state index is 0.0400. The van der Waals surface area contributed by atoms with Crippen LogP contribution in [0, 0.1) is 0 Å². The SMILES string of the molecule is CC(=O)[C@@H]1[C@@H]2CC[C@H](CN1Cc1ccccc1)N2C(C)(C)C. The number of benzene rings is 1. The summed E-state index contributed by atoms with van der Waals surface area (Å²) in [5.74, 6) is 0.315. The number of hydrogen-bond donors (Lipinski definition) is 0. The van der Waals surface area contributed by atoms with E-state index >= 15 is 0 Å². The Hall–Kier alpha value is -1.19. The van der Waals surface area contributed by atoms with Gasteiger partial charge in [-0.05, 0) is 46.1 Å². The lowest BCUT2D eigenvalue weighted by atomic mass is 9.93. The molecule has 3 atom stereocenters. The number of likely N-dealkylation sites (tertiary alicyclic amines) is 1. The number of hydrogen-bond acceptors (Lipinski definition) is 3. The number of ketones is 1. The number of piperazine rings is 1. The molecule has 0 aliphatic carbocycles. The summed E-state index contributed by atoms with van der Waals surface area (Å²) in [5.41, 5.74) is 1.44. The van der Waals surface area contributed by atoms with Crippen LogP contribution >= 0.6 is 0 Å². The zero-order valence-corrected chi connectivity index (χ0v) is 14.2. The van der Waals surface area contributed by atoms with Gasteiger partial charge in [0, 0.05) is 30.7 Å². The van der Waals surface area contributed by atoms with Crippen molar-refractivity contribution in [1.82, 2.24) is 9.80 Å². The van der Waals surface area contributed by atoms with E-state index in [0.717, 1.165) is 19.5 Å². The Bertz CT molecular complexity index is 534. The molecule has 2 fully saturated rings. The molecular weight excluding hydrogens is 272 g/mol. The molecule has 1 aromatic carbocycles. The quantitative estimate of drug-likeness (QED) is 0.857. The maximum Gasteiger partial charge on any atom is 0.148 e. The first-order valence-corrected chi connectivity index (χ1v) is 8.45. The van der Waals surface area contributed by atoms with Crippen molar-refractivity contribution >= 4 is 5.78 Å². The molecule has 0 aromatic heterocycles. The van der Waals surface area contributed by atoms with Gasteiger partial charge in [0.2, 0.25) is 0 Å². The van der Waals surface area contributed by atoms with E-state index in [1.807, 2.05) is 6.07 Å². The van der Waals surface area contributed by atoms with Crippen molar-refractivity contribution in [2.24, 2.45) is 0 Å². The Balaban J connectivity index is 1.86. The van der Waals surface area contributed by atoms with Gasteiger partial charge in [-0.3, -0.25) is 14.6 Å². The van der Waals surface area contributed by atoms with E-state index in [9.17, 15) is 4.79 Å². The molecule has 0 spiro atoms. The zero-order chi connectivity index (χ0) is 15.9. The monoisotopic (exact) mass is 300 g/mol. The molecule has 0 N–H and O–H groups in total. The number of carbonyl (C=O) groups excluding carboxylic acids is 1. The van der Waals surface area contributed by atoms with E-state index in [2.05, 4.69) is 54.8 Å². The lowest BCUT2D eigenvalue weighted by molar-refractivity contribution is -0.130. The number of carbonyl (C=O) groups is 1. The number of Topliss-reactive ketones (excluding diaryl/α,β-unsaturated/α-hetero) is 1. The van der Waals surface area contributed by atoms with Gasteiger partial charge in [0.15, 0.2) is 0 Å². The van der Waals surface area contributed by atoms with Gasteiger partial charge >= 0.3 is 0 Å². The van der Waals surface area contributed by atoms with E-state index in [0.29, 0.717) is 17.9 Å². The maximum absolute atomic E-state index is 12.4. The van der Waals surface area contributed by atoms with Crippen LogP contribution in [0.15, 0.2) is 30.3 Å². The summed E-state index contributed by atoms with van der Waals surface area (Å²) in [5, 5.41) is 0. The number of nitrogens with zero attached hydrogens (tertiary/aromatic N) is 2. The van der Waals surface area contributed by atoms with Crippen molar-refractivity contribution in [3.63, 3.8) is 0 Å². The Kier molecular flexibility index (Phi) is 4.13. The maximum atomic E-state index is 12.4. The highest BCUT2D eigenvalue weighted by atomic mass is 16.1. The average Bonchev–Trinajstić information content (AvgIpc) is 2.75. The summed E-state index contributed by atoms with van der Waals surface area (Å²) < 4.78 is 0. The third kappa shape index (κ3) is 2.84. The lowest BCUT2D eigenvalue weighted by Crippen LogP contribution is -2.65. The highest BCUT2D eigenvalue weighted by Gasteiger charge is 2.51. The van der Waals surface area contributed by atoms with Crippen molar-refractivity contribution in [2.45, 2.75) is 70.7 Å². The molecule has 120 valence electrons. The molecule has 0 unspecified atom stereocenters. The van der Waals surface area contributed by atoms with Crippen LogP contribution in [0.25, 0.3) is 0 Å². The predicted octanol–water partition coefficient (Wildman–Crippen LogP) is 3.09. The second-order valence-corrected chi connectivity index (χ2v) is 7.85. The van der Waals surface area contributed by atoms with E-state index in [1.165, 1.54) is 12.0 Å². The number of fused-ring (bicyclic) bond motifs is 2. The Morgan fingerprint density at radius 3 is 2.45 bits per heavy atom. The van der Waals surface area contributed by atoms with Crippen LogP contribution in [0.5, 0.6) is 0 Å². The van der Waals surface area contributed by atoms with Gasteiger partial charge in [0.05, 0.1) is 6.04 Å². The predicted molar refractivity (Wildman–Crippen MR) is 89.7 cm³/mol. The van der Waals surface area contributed by atoms with Crippen LogP contribution in [-0.4, -0.2) is 45.8 Å². The molecule has 3 heteroatoms. The summed E-state index contributed by atoms with van der Waals surface area (Å²) in [6, 6.07) is 11.5. The average molecular weight is 300 g/mol. The molecule has 22 heavy (non-hydrogen) atoms. The van der Waals surface area contributed by atoms with Gasteiger partial charge in [0.25, 0.3) is 0 Å². The highest BCUT2D eigenvalue weighted by molar-refractivity contribution is 5.82. The Morgan fingerprint density at radius 2 is 1.86 bits per heavy atom. The first kappa shape index (κ1) is 15.7. The fourth-order valence-corrected chi connectivity index (χ4v) is 4.58. The van der Waals surface area contributed by atoms with Crippen molar-refractivity contribution in [1.29, 1.82) is 0 Å². The van der Waals surface area contributed by atoms with Crippen LogP contribution in [0.1, 0.15) is 46.1 Å². The smallest absolute Gasteiger partial charge is 0.148 e. The molecule has 1 aromatic rings. The molecular formula is C19H28N2O. The third-order valence-corrected chi connectivity index (χ3v) is 5.17. The first-order valence-electron chi connectivity index (χ1n) is 8.45. The second kappa shape index (κ2) is 5.78. The van der Waals surface area contributed by atoms with Gasteiger partial charge in [-0.2, -0.15) is 0 Å². The molecule has 2 heterocycles. The van der Waals surface area contributed by atoms with E-state index in [-0.39, 0.29) is 11.6 Å². The molecule has 2 aliphatic rings. The minimum atomic E-state index is 0.0400. The Morgan fingerprint density at radius 1 is 1.18 bits per heavy atom. The molecule has 0 amide bonds. The van der Waals surface area contributed by atoms with Gasteiger partial charge < -0.3 is 0 Å². The van der Waals surface area contributed by atoms with Crippen LogP contribution in [-0.2, 0) is 11.3 Å². The topological polar surface area (TPSA) is 23.6 Å². The van der Waals surface area contributed by atoms with E-state index in [4.69, 9.17) is 0 Å². The third-order valence-electron chi connectivity index (χ3n) is 5.17. The van der Waals surface area contributed by atoms with Crippen LogP contribution in [0.4, 0.5) is 0 Å². The van der Waals surface area contributed by atoms with Crippen molar-refractivity contribution in [3.05, 3.63) is 35.9 Å². The fraction of sp³-hybridized carbons (Fsp3) is 0.632. The molecule has 0 radical (unpaired) electrons. The number of rotatable bonds is 3. The van der Waals surface area contributed by atoms with Crippen LogP contribution in [0.3, 0.4) is 0 Å². The molecule has 2 saturated heterocycles. The van der Waals surface area contributed by atoms with Crippen LogP contribution < -0.4 is 0 Å². The minimum Gasteiger partial charge on any atom is -0.298 e. The van der Waals surface area contributed by atoms with Crippen LogP contribution in [0.2, 0.25) is 0 Å². The van der Waals surface area contributed by atoms with Gasteiger partial charge in [0.1, 0.15) is 5.78 Å². The molecule has 2 bridgehead atoms. The normalized spacial score (nSPS) is 29.7. The summed E-state index contributed by atoms with van der Waals surface area (Å²) in [4.78, 5) is 17.4. The summed E-state index contributed by atoms with van der Waals surface area (Å²) in [6.45, 7) is 10.5. The van der Waals surface area contributed by atoms with E-state index < -0.39 is 0 Å². The molecule has 3 nitrogen and oxygen atoms in total. The largest absolute Gasteiger partial charge is 0.298 e. The molecule has 3 rings (SSSR count). The molecule has 0 saturated carbocycles. The lowest BCUT2D eigenvalue weighted by Gasteiger charge is -2.51. The Labute approximate surface area is 134 Å². The summed E-state index contributed by atoms with van der Waals surface area (Å²) in [7, 11) is 0. The highest BCUT2D eigenvalue weighted by Crippen LogP contribution is 2.39. The second-order valence-electron chi connectivity index (χ2n) is 7.85. The van der Waals surface area contributed by atoms with Crippen molar-refractivity contribution in [3.8, 4) is 0 Å². The standard InChI is InChI=1S/C19H28N2O/c1-14(22)18-17-11-10-16(21(17)19(2,3)4)13-20(18)12-15-8-6-5-7-9-15/h5-9,16-18H,10-13H2,1-4H3/t16-,17+,18-/m1/s1. The van der Waals surface area contributed by atoms with Crippen molar-refractivity contribution in [2.75, 3.05) is 6.54 Å². The fourth-order valence-electron chi connectivity index (χ4n) is 4.58. The van der Waals surface area contributed by atoms with Crippen molar-refractivity contribution < 1.29 is 4.79 Å². The summed E-state index contributed by atoms with van der Waals surface area (Å²) in [6.07, 6.45) is 2.37. The van der Waals surface area contributed by atoms with Gasteiger partial charge in [-0.25, -0.2) is 0 Å². The zero-order valence-electron chi connectivity index (χ0n) is 14.2. The van der Waals surface area contributed by atoms with Gasteiger partial charge in [-0.1, -0.05) is 30.3 Å². The summed E-state index contributed by atoms with van der Waals surface area (Å²) >= 11 is 0. The van der Waals surface area contributed by atoms with Gasteiger partial charge in [-0.15, -0.1) is 0 Å². The molecule has 2 aliphatic heterocycles.